The number of halogens is 2. The van der Waals surface area contributed by atoms with Gasteiger partial charge in [0.1, 0.15) is 11.4 Å². The molecule has 0 fully saturated rings. The molecule has 0 saturated carbocycles. The Labute approximate surface area is 90.1 Å². The SMILES string of the molecule is CC(O)c1cn(-c2cccc(F)c2F)nn1. The highest BCUT2D eigenvalue weighted by Gasteiger charge is 2.12. The van der Waals surface area contributed by atoms with Gasteiger partial charge in [0.15, 0.2) is 11.6 Å². The fourth-order valence-electron chi connectivity index (χ4n) is 1.26. The molecule has 84 valence electrons. The van der Waals surface area contributed by atoms with Crippen molar-refractivity contribution in [3.8, 4) is 5.69 Å². The van der Waals surface area contributed by atoms with E-state index in [1.54, 1.807) is 0 Å². The number of rotatable bonds is 2. The zero-order valence-electron chi connectivity index (χ0n) is 8.43. The molecule has 2 aromatic rings. The maximum Gasteiger partial charge on any atom is 0.184 e. The summed E-state index contributed by atoms with van der Waals surface area (Å²) in [4.78, 5) is 0. The molecule has 0 aliphatic heterocycles. The van der Waals surface area contributed by atoms with Gasteiger partial charge in [0.25, 0.3) is 0 Å². The molecule has 1 atom stereocenters. The molecular formula is C10H9F2N3O. The number of aliphatic hydroxyl groups is 1. The van der Waals surface area contributed by atoms with Gasteiger partial charge in [-0.2, -0.15) is 0 Å². The standard InChI is InChI=1S/C10H9F2N3O/c1-6(16)8-5-15(14-13-8)9-4-2-3-7(11)10(9)12/h2-6,16H,1H3. The van der Waals surface area contributed by atoms with Gasteiger partial charge in [-0.05, 0) is 19.1 Å². The van der Waals surface area contributed by atoms with E-state index in [2.05, 4.69) is 10.3 Å². The van der Waals surface area contributed by atoms with Gasteiger partial charge >= 0.3 is 0 Å². The fourth-order valence-corrected chi connectivity index (χ4v) is 1.26. The summed E-state index contributed by atoms with van der Waals surface area (Å²) in [5.41, 5.74) is 0.253. The third kappa shape index (κ3) is 1.79. The summed E-state index contributed by atoms with van der Waals surface area (Å²) in [6.07, 6.45) is 0.549. The molecular weight excluding hydrogens is 216 g/mol. The lowest BCUT2D eigenvalue weighted by molar-refractivity contribution is 0.194. The summed E-state index contributed by atoms with van der Waals surface area (Å²) in [6, 6.07) is 3.77. The zero-order chi connectivity index (χ0) is 11.7. The maximum absolute atomic E-state index is 13.4. The largest absolute Gasteiger partial charge is 0.387 e. The monoisotopic (exact) mass is 225 g/mol. The van der Waals surface area contributed by atoms with Crippen LogP contribution in [0.5, 0.6) is 0 Å². The Hall–Kier alpha value is -1.82. The Morgan fingerprint density at radius 3 is 2.75 bits per heavy atom. The van der Waals surface area contributed by atoms with E-state index < -0.39 is 17.7 Å². The maximum atomic E-state index is 13.4. The minimum Gasteiger partial charge on any atom is -0.387 e. The van der Waals surface area contributed by atoms with Crippen LogP contribution in [0.15, 0.2) is 24.4 Å². The van der Waals surface area contributed by atoms with Crippen LogP contribution in [-0.2, 0) is 0 Å². The molecule has 1 unspecified atom stereocenters. The first-order valence-electron chi connectivity index (χ1n) is 4.64. The van der Waals surface area contributed by atoms with Crippen LogP contribution < -0.4 is 0 Å². The summed E-state index contributed by atoms with van der Waals surface area (Å²) >= 11 is 0. The highest BCUT2D eigenvalue weighted by molar-refractivity contribution is 5.33. The Balaban J connectivity index is 2.47. The first-order valence-corrected chi connectivity index (χ1v) is 4.64. The summed E-state index contributed by atoms with van der Waals surface area (Å²) in [5, 5.41) is 16.5. The van der Waals surface area contributed by atoms with Crippen molar-refractivity contribution < 1.29 is 13.9 Å². The lowest BCUT2D eigenvalue weighted by atomic mass is 10.3. The number of hydrogen-bond donors (Lipinski definition) is 1. The van der Waals surface area contributed by atoms with Gasteiger partial charge in [-0.1, -0.05) is 11.3 Å². The van der Waals surface area contributed by atoms with Crippen molar-refractivity contribution in [2.24, 2.45) is 0 Å². The number of hydrogen-bond acceptors (Lipinski definition) is 3. The minimum atomic E-state index is -0.996. The summed E-state index contributed by atoms with van der Waals surface area (Å²) < 4.78 is 27.4. The molecule has 0 saturated heterocycles. The Kier molecular flexibility index (Phi) is 2.66. The van der Waals surface area contributed by atoms with E-state index in [4.69, 9.17) is 0 Å². The molecule has 2 rings (SSSR count). The van der Waals surface area contributed by atoms with Gasteiger partial charge in [0, 0.05) is 0 Å². The lowest BCUT2D eigenvalue weighted by Gasteiger charge is -2.02. The topological polar surface area (TPSA) is 50.9 Å². The Morgan fingerprint density at radius 1 is 1.38 bits per heavy atom. The molecule has 0 amide bonds. The highest BCUT2D eigenvalue weighted by Crippen LogP contribution is 2.16. The predicted molar refractivity (Wildman–Crippen MR) is 51.9 cm³/mol. The van der Waals surface area contributed by atoms with Gasteiger partial charge in [0.2, 0.25) is 0 Å². The van der Waals surface area contributed by atoms with Crippen molar-refractivity contribution in [1.29, 1.82) is 0 Å². The molecule has 0 bridgehead atoms. The summed E-state index contributed by atoms with van der Waals surface area (Å²) in [6.45, 7) is 1.51. The Morgan fingerprint density at radius 2 is 2.12 bits per heavy atom. The van der Waals surface area contributed by atoms with Crippen LogP contribution in [0.1, 0.15) is 18.7 Å². The molecule has 4 nitrogen and oxygen atoms in total. The van der Waals surface area contributed by atoms with Crippen LogP contribution in [0.4, 0.5) is 8.78 Å². The number of nitrogens with zero attached hydrogens (tertiary/aromatic N) is 3. The quantitative estimate of drug-likeness (QED) is 0.844. The van der Waals surface area contributed by atoms with E-state index in [-0.39, 0.29) is 5.69 Å². The molecule has 1 N–H and O–H groups in total. The van der Waals surface area contributed by atoms with Crippen molar-refractivity contribution in [2.45, 2.75) is 13.0 Å². The fraction of sp³-hybridized carbons (Fsp3) is 0.200. The summed E-state index contributed by atoms with van der Waals surface area (Å²) in [7, 11) is 0. The Bertz CT molecular complexity index is 511. The first kappa shape index (κ1) is 10.7. The van der Waals surface area contributed by atoms with Gasteiger partial charge in [-0.25, -0.2) is 13.5 Å². The predicted octanol–water partition coefficient (Wildman–Crippen LogP) is 1.60. The molecule has 1 aromatic heterocycles. The van der Waals surface area contributed by atoms with Crippen molar-refractivity contribution in [3.63, 3.8) is 0 Å². The number of aromatic nitrogens is 3. The average Bonchev–Trinajstić information content (AvgIpc) is 2.71. The molecule has 1 heterocycles. The lowest BCUT2D eigenvalue weighted by Crippen LogP contribution is -2.00. The van der Waals surface area contributed by atoms with Gasteiger partial charge < -0.3 is 5.11 Å². The molecule has 6 heteroatoms. The third-order valence-electron chi connectivity index (χ3n) is 2.12. The first-order chi connectivity index (χ1) is 7.59. The van der Waals surface area contributed by atoms with E-state index in [0.717, 1.165) is 10.7 Å². The normalized spacial score (nSPS) is 12.8. The average molecular weight is 225 g/mol. The van der Waals surface area contributed by atoms with Gasteiger partial charge in [0.05, 0.1) is 12.3 Å². The van der Waals surface area contributed by atoms with Crippen molar-refractivity contribution in [2.75, 3.05) is 0 Å². The van der Waals surface area contributed by atoms with Crippen LogP contribution in [0.25, 0.3) is 5.69 Å². The minimum absolute atomic E-state index is 0.0422. The molecule has 0 aliphatic rings. The van der Waals surface area contributed by atoms with Crippen LogP contribution >= 0.6 is 0 Å². The van der Waals surface area contributed by atoms with E-state index in [9.17, 15) is 13.9 Å². The number of benzene rings is 1. The molecule has 16 heavy (non-hydrogen) atoms. The summed E-state index contributed by atoms with van der Waals surface area (Å²) in [5.74, 6) is -1.95. The van der Waals surface area contributed by atoms with Crippen LogP contribution in [-0.4, -0.2) is 20.1 Å². The van der Waals surface area contributed by atoms with Gasteiger partial charge in [-0.15, -0.1) is 5.10 Å². The highest BCUT2D eigenvalue weighted by atomic mass is 19.2. The molecule has 1 aromatic carbocycles. The molecule has 0 spiro atoms. The van der Waals surface area contributed by atoms with Crippen LogP contribution in [0.3, 0.4) is 0 Å². The zero-order valence-corrected chi connectivity index (χ0v) is 8.43. The van der Waals surface area contributed by atoms with E-state index >= 15 is 0 Å². The van der Waals surface area contributed by atoms with Gasteiger partial charge in [-0.3, -0.25) is 0 Å². The second-order valence-electron chi connectivity index (χ2n) is 3.34. The second kappa shape index (κ2) is 3.97. The molecule has 0 aliphatic carbocycles. The molecule has 0 radical (unpaired) electrons. The van der Waals surface area contributed by atoms with Crippen LogP contribution in [0, 0.1) is 11.6 Å². The second-order valence-corrected chi connectivity index (χ2v) is 3.34. The van der Waals surface area contributed by atoms with E-state index in [1.165, 1.54) is 25.3 Å². The van der Waals surface area contributed by atoms with E-state index in [0.29, 0.717) is 5.69 Å². The van der Waals surface area contributed by atoms with Crippen molar-refractivity contribution >= 4 is 0 Å². The number of aliphatic hydroxyl groups excluding tert-OH is 1. The van der Waals surface area contributed by atoms with Crippen LogP contribution in [0.2, 0.25) is 0 Å². The van der Waals surface area contributed by atoms with E-state index in [1.807, 2.05) is 0 Å². The third-order valence-corrected chi connectivity index (χ3v) is 2.12. The van der Waals surface area contributed by atoms with Crippen molar-refractivity contribution in [1.82, 2.24) is 15.0 Å². The van der Waals surface area contributed by atoms with Crippen molar-refractivity contribution in [3.05, 3.63) is 41.7 Å². The smallest absolute Gasteiger partial charge is 0.184 e.